The fraction of sp³-hybridized carbons (Fsp3) is 0.652. The van der Waals surface area contributed by atoms with Gasteiger partial charge in [-0.2, -0.15) is 0 Å². The van der Waals surface area contributed by atoms with E-state index < -0.39 is 0 Å². The fourth-order valence-electron chi connectivity index (χ4n) is 5.06. The molecule has 1 nitrogen and oxygen atoms in total. The molecule has 3 rings (SSSR count). The smallest absolute Gasteiger partial charge is 0.0713 e. The number of methoxy groups -OCH3 is 1. The molecule has 0 spiro atoms. The summed E-state index contributed by atoms with van der Waals surface area (Å²) in [6.07, 6.45) is 16.1. The molecule has 2 aliphatic rings. The maximum Gasteiger partial charge on any atom is 0.0713 e. The molecule has 2 fully saturated rings. The Morgan fingerprint density at radius 3 is 2.00 bits per heavy atom. The minimum Gasteiger partial charge on any atom is -0.380 e. The first-order valence-corrected chi connectivity index (χ1v) is 10.0. The molecule has 0 radical (unpaired) electrons. The van der Waals surface area contributed by atoms with Crippen LogP contribution in [0.4, 0.5) is 0 Å². The summed E-state index contributed by atoms with van der Waals surface area (Å²) in [4.78, 5) is 0. The van der Waals surface area contributed by atoms with Gasteiger partial charge in [-0.05, 0) is 93.1 Å². The molecule has 0 N–H and O–H groups in total. The molecule has 132 valence electrons. The number of allylic oxidation sites excluding steroid dienone is 2. The second-order valence-corrected chi connectivity index (χ2v) is 7.99. The highest BCUT2D eigenvalue weighted by atomic mass is 16.5. The molecule has 1 heteroatoms. The Morgan fingerprint density at radius 1 is 0.875 bits per heavy atom. The Balaban J connectivity index is 1.47. The average molecular weight is 327 g/mol. The summed E-state index contributed by atoms with van der Waals surface area (Å²) in [7, 11) is 1.77. The summed E-state index contributed by atoms with van der Waals surface area (Å²) in [5, 5.41) is 0. The fourth-order valence-corrected chi connectivity index (χ4v) is 5.06. The van der Waals surface area contributed by atoms with Crippen molar-refractivity contribution in [2.45, 2.75) is 70.8 Å². The lowest BCUT2D eigenvalue weighted by Gasteiger charge is -2.37. The second kappa shape index (κ2) is 8.85. The Bertz CT molecular complexity index is 499. The van der Waals surface area contributed by atoms with Crippen LogP contribution in [-0.2, 0) is 11.3 Å². The molecule has 24 heavy (non-hydrogen) atoms. The van der Waals surface area contributed by atoms with Crippen LogP contribution in [0.2, 0.25) is 0 Å². The first kappa shape index (κ1) is 17.7. The van der Waals surface area contributed by atoms with E-state index in [1.807, 2.05) is 0 Å². The quantitative estimate of drug-likeness (QED) is 0.562. The second-order valence-electron chi connectivity index (χ2n) is 7.99. The topological polar surface area (TPSA) is 9.23 Å². The van der Waals surface area contributed by atoms with Gasteiger partial charge in [0.25, 0.3) is 0 Å². The molecule has 2 saturated carbocycles. The third-order valence-corrected chi connectivity index (χ3v) is 6.48. The molecule has 0 atom stereocenters. The summed E-state index contributed by atoms with van der Waals surface area (Å²) >= 11 is 0. The molecule has 0 amide bonds. The maximum absolute atomic E-state index is 5.21. The van der Waals surface area contributed by atoms with Crippen molar-refractivity contribution in [3.8, 4) is 0 Å². The molecular weight excluding hydrogens is 292 g/mol. The van der Waals surface area contributed by atoms with Crippen LogP contribution < -0.4 is 0 Å². The Labute approximate surface area is 148 Å². The molecule has 0 bridgehead atoms. The molecule has 2 aliphatic carbocycles. The van der Waals surface area contributed by atoms with E-state index in [0.29, 0.717) is 0 Å². The van der Waals surface area contributed by atoms with Crippen molar-refractivity contribution < 1.29 is 4.74 Å². The average Bonchev–Trinajstić information content (AvgIpc) is 2.64. The van der Waals surface area contributed by atoms with E-state index in [4.69, 9.17) is 4.74 Å². The van der Waals surface area contributed by atoms with Crippen LogP contribution in [0.3, 0.4) is 0 Å². The van der Waals surface area contributed by atoms with E-state index in [2.05, 4.69) is 43.3 Å². The standard InChI is InChI=1S/C23H34O/c1-3-4-18-5-9-20(10-6-18)22-13-15-23(16-14-22)21-11-7-19(8-12-21)17-24-2/h3-4,7-8,11-12,18,20,22-23H,5-6,9-10,13-17H2,1-2H3/b4-3+. The lowest BCUT2D eigenvalue weighted by Crippen LogP contribution is -2.25. The van der Waals surface area contributed by atoms with Crippen molar-refractivity contribution in [3.63, 3.8) is 0 Å². The Morgan fingerprint density at radius 2 is 1.46 bits per heavy atom. The zero-order valence-corrected chi connectivity index (χ0v) is 15.5. The number of hydrogen-bond acceptors (Lipinski definition) is 1. The number of ether oxygens (including phenoxy) is 1. The lowest BCUT2D eigenvalue weighted by molar-refractivity contribution is 0.171. The molecule has 0 unspecified atom stereocenters. The summed E-state index contributed by atoms with van der Waals surface area (Å²) < 4.78 is 5.21. The van der Waals surface area contributed by atoms with Gasteiger partial charge in [-0.25, -0.2) is 0 Å². The van der Waals surface area contributed by atoms with Crippen LogP contribution in [0.5, 0.6) is 0 Å². The number of benzene rings is 1. The van der Waals surface area contributed by atoms with Gasteiger partial charge < -0.3 is 4.74 Å². The first-order chi connectivity index (χ1) is 11.8. The zero-order valence-electron chi connectivity index (χ0n) is 15.5. The van der Waals surface area contributed by atoms with E-state index >= 15 is 0 Å². The van der Waals surface area contributed by atoms with Crippen LogP contribution in [0.1, 0.15) is 75.3 Å². The third kappa shape index (κ3) is 4.51. The molecule has 1 aromatic rings. The normalized spacial score (nSPS) is 31.4. The van der Waals surface area contributed by atoms with E-state index in [0.717, 1.165) is 30.3 Å². The van der Waals surface area contributed by atoms with Crippen LogP contribution in [-0.4, -0.2) is 7.11 Å². The summed E-state index contributed by atoms with van der Waals surface area (Å²) in [5.74, 6) is 3.67. The van der Waals surface area contributed by atoms with Crippen molar-refractivity contribution in [2.75, 3.05) is 7.11 Å². The van der Waals surface area contributed by atoms with Gasteiger partial charge in [0.2, 0.25) is 0 Å². The number of rotatable bonds is 5. The highest BCUT2D eigenvalue weighted by Crippen LogP contribution is 2.44. The van der Waals surface area contributed by atoms with Crippen molar-refractivity contribution in [1.29, 1.82) is 0 Å². The summed E-state index contributed by atoms with van der Waals surface area (Å²) in [5.41, 5.74) is 2.83. The first-order valence-electron chi connectivity index (χ1n) is 10.0. The van der Waals surface area contributed by atoms with Gasteiger partial charge in [-0.15, -0.1) is 0 Å². The van der Waals surface area contributed by atoms with Gasteiger partial charge in [0.15, 0.2) is 0 Å². The minimum atomic E-state index is 0.725. The van der Waals surface area contributed by atoms with Gasteiger partial charge in [0.05, 0.1) is 6.61 Å². The predicted octanol–water partition coefficient (Wildman–Crippen LogP) is 6.49. The number of hydrogen-bond donors (Lipinski definition) is 0. The van der Waals surface area contributed by atoms with E-state index in [1.165, 1.54) is 56.9 Å². The van der Waals surface area contributed by atoms with E-state index in [9.17, 15) is 0 Å². The maximum atomic E-state index is 5.21. The van der Waals surface area contributed by atoms with Crippen molar-refractivity contribution in [1.82, 2.24) is 0 Å². The highest BCUT2D eigenvalue weighted by molar-refractivity contribution is 5.25. The zero-order chi connectivity index (χ0) is 16.8. The summed E-state index contributed by atoms with van der Waals surface area (Å²) in [6.45, 7) is 2.89. The minimum absolute atomic E-state index is 0.725. The van der Waals surface area contributed by atoms with Crippen molar-refractivity contribution in [2.24, 2.45) is 17.8 Å². The van der Waals surface area contributed by atoms with Gasteiger partial charge in [-0.1, -0.05) is 36.4 Å². The third-order valence-electron chi connectivity index (χ3n) is 6.48. The van der Waals surface area contributed by atoms with Crippen molar-refractivity contribution >= 4 is 0 Å². The van der Waals surface area contributed by atoms with Gasteiger partial charge in [0, 0.05) is 7.11 Å². The molecule has 0 heterocycles. The van der Waals surface area contributed by atoms with Crippen LogP contribution in [0, 0.1) is 17.8 Å². The molecule has 1 aromatic carbocycles. The summed E-state index contributed by atoms with van der Waals surface area (Å²) in [6, 6.07) is 9.16. The van der Waals surface area contributed by atoms with Crippen LogP contribution in [0.25, 0.3) is 0 Å². The Kier molecular flexibility index (Phi) is 6.54. The molecular formula is C23H34O. The molecule has 0 aliphatic heterocycles. The lowest BCUT2D eigenvalue weighted by atomic mass is 9.68. The largest absolute Gasteiger partial charge is 0.380 e. The van der Waals surface area contributed by atoms with Crippen LogP contribution in [0.15, 0.2) is 36.4 Å². The van der Waals surface area contributed by atoms with Crippen LogP contribution >= 0.6 is 0 Å². The van der Waals surface area contributed by atoms with E-state index in [-0.39, 0.29) is 0 Å². The van der Waals surface area contributed by atoms with E-state index in [1.54, 1.807) is 12.7 Å². The van der Waals surface area contributed by atoms with Gasteiger partial charge >= 0.3 is 0 Å². The van der Waals surface area contributed by atoms with Crippen molar-refractivity contribution in [3.05, 3.63) is 47.5 Å². The highest BCUT2D eigenvalue weighted by Gasteiger charge is 2.30. The monoisotopic (exact) mass is 326 g/mol. The van der Waals surface area contributed by atoms with Gasteiger partial charge in [0.1, 0.15) is 0 Å². The Hall–Kier alpha value is -1.08. The SMILES string of the molecule is C/C=C/C1CCC(C2CCC(c3ccc(COC)cc3)CC2)CC1. The molecule has 0 aromatic heterocycles. The molecule has 0 saturated heterocycles. The predicted molar refractivity (Wildman–Crippen MR) is 102 cm³/mol. The van der Waals surface area contributed by atoms with Gasteiger partial charge in [-0.3, -0.25) is 0 Å².